The van der Waals surface area contributed by atoms with E-state index in [4.69, 9.17) is 14.2 Å². The van der Waals surface area contributed by atoms with Gasteiger partial charge in [-0.05, 0) is 119 Å². The fraction of sp³-hybridized carbons (Fsp3) is 0.103. The van der Waals surface area contributed by atoms with Crippen molar-refractivity contribution in [3.63, 3.8) is 0 Å². The van der Waals surface area contributed by atoms with Gasteiger partial charge in [0.05, 0.1) is 13.2 Å². The van der Waals surface area contributed by atoms with Crippen molar-refractivity contribution in [1.29, 1.82) is 0 Å². The molecule has 0 radical (unpaired) electrons. The van der Waals surface area contributed by atoms with Gasteiger partial charge >= 0.3 is 0 Å². The third kappa shape index (κ3) is 4.97. The quantitative estimate of drug-likeness (QED) is 0.124. The molecule has 0 aromatic heterocycles. The van der Waals surface area contributed by atoms with Crippen LogP contribution in [0.1, 0.15) is 23.3 Å². The zero-order valence-corrected chi connectivity index (χ0v) is 33.3. The van der Waals surface area contributed by atoms with Crippen LogP contribution in [0.15, 0.2) is 182 Å². The number of epoxide rings is 2. The van der Waals surface area contributed by atoms with E-state index >= 15 is 0 Å². The Morgan fingerprint density at radius 3 is 1.05 bits per heavy atom. The third-order valence-electron chi connectivity index (χ3n) is 13.9. The standard InChI is InChI=1S/C58H38O3/c1-3-13-37-33(11-1)23-25-35-27-29-45-41-19-9-21-47(53(41)39-15-5-7-17-43(39)55(45)51(35)37)57-49(60-57)31-59-32-50-58(61-50)48-22-10-20-42-46-30-28-36-26-24-34-12-2-4-14-38(34)52(36)56(46)44-18-8-6-16-40(44)54(42)48/h1-30,49-50,57-58H,31-32H2. The molecule has 4 unspecified atom stereocenters. The van der Waals surface area contributed by atoms with E-state index in [1.165, 1.54) is 119 Å². The predicted molar refractivity (Wildman–Crippen MR) is 254 cm³/mol. The first-order chi connectivity index (χ1) is 30.3. The van der Waals surface area contributed by atoms with E-state index < -0.39 is 0 Å². The van der Waals surface area contributed by atoms with E-state index in [0.717, 1.165) is 0 Å². The van der Waals surface area contributed by atoms with Crippen LogP contribution in [0.2, 0.25) is 0 Å². The Morgan fingerprint density at radius 2 is 0.607 bits per heavy atom. The second-order valence-corrected chi connectivity index (χ2v) is 17.1. The summed E-state index contributed by atoms with van der Waals surface area (Å²) in [6.07, 6.45) is -0.0477. The van der Waals surface area contributed by atoms with Gasteiger partial charge in [0, 0.05) is 0 Å². The fourth-order valence-corrected chi connectivity index (χ4v) is 11.1. The van der Waals surface area contributed by atoms with Gasteiger partial charge in [0.25, 0.3) is 0 Å². The molecule has 288 valence electrons. The first-order valence-corrected chi connectivity index (χ1v) is 21.5. The van der Waals surface area contributed by atoms with Gasteiger partial charge in [-0.3, -0.25) is 0 Å². The molecule has 12 aromatic carbocycles. The van der Waals surface area contributed by atoms with Crippen molar-refractivity contribution in [2.24, 2.45) is 0 Å². The van der Waals surface area contributed by atoms with Gasteiger partial charge in [-0.2, -0.15) is 0 Å². The van der Waals surface area contributed by atoms with Crippen LogP contribution >= 0.6 is 0 Å². The van der Waals surface area contributed by atoms with Crippen LogP contribution in [-0.2, 0) is 14.2 Å². The molecular weight excluding hydrogens is 745 g/mol. The van der Waals surface area contributed by atoms with Gasteiger partial charge < -0.3 is 14.2 Å². The lowest BCUT2D eigenvalue weighted by atomic mass is 9.87. The Bertz CT molecular complexity index is 3540. The molecule has 0 bridgehead atoms. The summed E-state index contributed by atoms with van der Waals surface area (Å²) in [7, 11) is 0. The minimum Gasteiger partial charge on any atom is -0.376 e. The van der Waals surface area contributed by atoms with Crippen molar-refractivity contribution >= 4 is 108 Å². The minimum atomic E-state index is -0.0207. The lowest BCUT2D eigenvalue weighted by Crippen LogP contribution is -2.08. The molecule has 2 fully saturated rings. The SMILES string of the molecule is c1ccc2c(c1)ccc1ccc3c4cccc(C5OC5COCC5OC5c5cccc6c7ccc8ccc9ccccc9c8c7c7ccccc7c56)c4c4ccccc4c3c12. The molecular formula is C58H38O3. The summed E-state index contributed by atoms with van der Waals surface area (Å²) in [4.78, 5) is 0. The van der Waals surface area contributed by atoms with Crippen molar-refractivity contribution in [1.82, 2.24) is 0 Å². The summed E-state index contributed by atoms with van der Waals surface area (Å²) < 4.78 is 19.4. The Labute approximate surface area is 351 Å². The zero-order valence-electron chi connectivity index (χ0n) is 33.3. The average Bonchev–Trinajstić information content (AvgIpc) is 4.27. The highest BCUT2D eigenvalue weighted by Gasteiger charge is 2.44. The molecule has 2 aliphatic rings. The highest BCUT2D eigenvalue weighted by Crippen LogP contribution is 2.50. The maximum absolute atomic E-state index is 6.45. The number of hydrogen-bond donors (Lipinski definition) is 0. The first-order valence-electron chi connectivity index (χ1n) is 21.5. The van der Waals surface area contributed by atoms with Crippen LogP contribution in [0.4, 0.5) is 0 Å². The van der Waals surface area contributed by atoms with Gasteiger partial charge in [-0.25, -0.2) is 0 Å². The van der Waals surface area contributed by atoms with E-state index in [1.807, 2.05) is 0 Å². The predicted octanol–water partition coefficient (Wildman–Crippen LogP) is 14.8. The van der Waals surface area contributed by atoms with Crippen LogP contribution < -0.4 is 0 Å². The van der Waals surface area contributed by atoms with Gasteiger partial charge in [0.15, 0.2) is 0 Å². The average molecular weight is 783 g/mol. The molecule has 3 nitrogen and oxygen atoms in total. The van der Waals surface area contributed by atoms with Crippen molar-refractivity contribution < 1.29 is 14.2 Å². The van der Waals surface area contributed by atoms with Crippen LogP contribution in [0.25, 0.3) is 108 Å². The number of ether oxygens (including phenoxy) is 3. The van der Waals surface area contributed by atoms with E-state index in [-0.39, 0.29) is 24.4 Å². The van der Waals surface area contributed by atoms with Gasteiger partial charge in [0.1, 0.15) is 24.4 Å². The lowest BCUT2D eigenvalue weighted by molar-refractivity contribution is 0.102. The van der Waals surface area contributed by atoms with Crippen LogP contribution in [0.5, 0.6) is 0 Å². The monoisotopic (exact) mass is 782 g/mol. The molecule has 3 heteroatoms. The topological polar surface area (TPSA) is 34.3 Å². The van der Waals surface area contributed by atoms with Crippen LogP contribution in [0, 0.1) is 0 Å². The largest absolute Gasteiger partial charge is 0.376 e. The van der Waals surface area contributed by atoms with Crippen molar-refractivity contribution in [3.05, 3.63) is 193 Å². The van der Waals surface area contributed by atoms with Gasteiger partial charge in [-0.15, -0.1) is 0 Å². The molecule has 0 amide bonds. The Hall–Kier alpha value is -6.88. The summed E-state index contributed by atoms with van der Waals surface area (Å²) in [5.74, 6) is 0. The zero-order chi connectivity index (χ0) is 39.8. The number of benzene rings is 12. The lowest BCUT2D eigenvalue weighted by Gasteiger charge is -2.16. The van der Waals surface area contributed by atoms with E-state index in [2.05, 4.69) is 182 Å². The van der Waals surface area contributed by atoms with Gasteiger partial charge in [-0.1, -0.05) is 182 Å². The summed E-state index contributed by atoms with van der Waals surface area (Å²) in [6, 6.07) is 67.0. The summed E-state index contributed by atoms with van der Waals surface area (Å²) in [5, 5.41) is 25.7. The molecule has 61 heavy (non-hydrogen) atoms. The minimum absolute atomic E-state index is 0.00317. The van der Waals surface area contributed by atoms with Gasteiger partial charge in [0.2, 0.25) is 0 Å². The second-order valence-electron chi connectivity index (χ2n) is 17.1. The molecule has 0 N–H and O–H groups in total. The molecule has 2 saturated heterocycles. The molecule has 12 aromatic rings. The molecule has 4 atom stereocenters. The molecule has 14 rings (SSSR count). The summed E-state index contributed by atoms with van der Waals surface area (Å²) >= 11 is 0. The number of fused-ring (bicyclic) bond motifs is 20. The highest BCUT2D eigenvalue weighted by molar-refractivity contribution is 6.37. The van der Waals surface area contributed by atoms with Crippen molar-refractivity contribution in [3.8, 4) is 0 Å². The maximum Gasteiger partial charge on any atom is 0.112 e. The van der Waals surface area contributed by atoms with E-state index in [0.29, 0.717) is 13.2 Å². The normalized spacial score (nSPS) is 18.9. The molecule has 0 spiro atoms. The van der Waals surface area contributed by atoms with Crippen LogP contribution in [0.3, 0.4) is 0 Å². The highest BCUT2D eigenvalue weighted by atomic mass is 16.6. The smallest absolute Gasteiger partial charge is 0.112 e. The Balaban J connectivity index is 0.778. The fourth-order valence-electron chi connectivity index (χ4n) is 11.1. The van der Waals surface area contributed by atoms with Crippen LogP contribution in [-0.4, -0.2) is 25.4 Å². The first kappa shape index (κ1) is 33.9. The van der Waals surface area contributed by atoms with Crippen molar-refractivity contribution in [2.75, 3.05) is 13.2 Å². The number of rotatable bonds is 6. The molecule has 2 aliphatic heterocycles. The van der Waals surface area contributed by atoms with E-state index in [9.17, 15) is 0 Å². The molecule has 0 saturated carbocycles. The molecule has 0 aliphatic carbocycles. The maximum atomic E-state index is 6.45. The number of hydrogen-bond acceptors (Lipinski definition) is 3. The van der Waals surface area contributed by atoms with Crippen molar-refractivity contribution in [2.45, 2.75) is 24.4 Å². The molecule has 2 heterocycles. The van der Waals surface area contributed by atoms with E-state index in [1.54, 1.807) is 0 Å². The summed E-state index contributed by atoms with van der Waals surface area (Å²) in [5.41, 5.74) is 2.47. The third-order valence-corrected chi connectivity index (χ3v) is 13.9. The second kappa shape index (κ2) is 12.8. The summed E-state index contributed by atoms with van der Waals surface area (Å²) in [6.45, 7) is 1.06. The Kier molecular flexibility index (Phi) is 7.12. The Morgan fingerprint density at radius 1 is 0.279 bits per heavy atom.